The molecule has 0 radical (unpaired) electrons. The third-order valence-electron chi connectivity index (χ3n) is 5.97. The number of benzene rings is 3. The highest BCUT2D eigenvalue weighted by Crippen LogP contribution is 2.48. The Hall–Kier alpha value is -4.06. The van der Waals surface area contributed by atoms with Crippen LogP contribution in [0.4, 0.5) is 0 Å². The van der Waals surface area contributed by atoms with Crippen LogP contribution >= 0.6 is 0 Å². The molecule has 0 spiro atoms. The van der Waals surface area contributed by atoms with Crippen molar-refractivity contribution in [2.45, 2.75) is 37.7 Å². The summed E-state index contributed by atoms with van der Waals surface area (Å²) in [7, 11) is 0. The minimum Gasteiger partial charge on any atom is -0.507 e. The van der Waals surface area contributed by atoms with E-state index in [9.17, 15) is 19.8 Å². The van der Waals surface area contributed by atoms with Crippen molar-refractivity contribution in [3.8, 4) is 17.2 Å². The van der Waals surface area contributed by atoms with Crippen LogP contribution in [0.1, 0.15) is 64.8 Å². The number of carboxylic acids is 1. The van der Waals surface area contributed by atoms with Crippen LogP contribution in [-0.4, -0.2) is 27.1 Å². The fourth-order valence-corrected chi connectivity index (χ4v) is 4.30. The van der Waals surface area contributed by atoms with E-state index in [1.807, 2.05) is 72.8 Å². The van der Waals surface area contributed by atoms with Gasteiger partial charge in [0.25, 0.3) is 0 Å². The Balaban J connectivity index is 1.69. The molecular formula is C28H26O6. The molecule has 2 atom stereocenters. The Morgan fingerprint density at radius 1 is 1.06 bits per heavy atom. The molecule has 0 aromatic heterocycles. The standard InChI is InChI=1S/C28H26O6/c29-21-17-24-27(22(30)16-23(34-24)19-10-5-2-6-11-19)28(33)26(21)20(12-7-13-25(31)32)15-14-18-8-3-1-4-9-18/h1-6,8-11,14-15,17,20,23,29,33H,7,12-13,16H2,(H,31,32)/t20-,23-/m0/s1. The smallest absolute Gasteiger partial charge is 0.303 e. The number of aromatic hydroxyl groups is 2. The number of ether oxygens (including phenoxy) is 1. The van der Waals surface area contributed by atoms with Crippen LogP contribution in [-0.2, 0) is 4.79 Å². The van der Waals surface area contributed by atoms with Gasteiger partial charge in [0.2, 0.25) is 0 Å². The van der Waals surface area contributed by atoms with Gasteiger partial charge >= 0.3 is 5.97 Å². The molecule has 6 nitrogen and oxygen atoms in total. The minimum absolute atomic E-state index is 0.0388. The zero-order valence-corrected chi connectivity index (χ0v) is 18.6. The van der Waals surface area contributed by atoms with Gasteiger partial charge in [-0.05, 0) is 24.0 Å². The van der Waals surface area contributed by atoms with Gasteiger partial charge in [0, 0.05) is 24.0 Å². The summed E-state index contributed by atoms with van der Waals surface area (Å²) in [5.74, 6) is -2.06. The third kappa shape index (κ3) is 5.12. The van der Waals surface area contributed by atoms with E-state index in [1.54, 1.807) is 0 Å². The number of hydrogen-bond donors (Lipinski definition) is 3. The molecule has 1 aliphatic heterocycles. The number of aliphatic carboxylic acids is 1. The first-order chi connectivity index (χ1) is 16.4. The topological polar surface area (TPSA) is 104 Å². The van der Waals surface area contributed by atoms with Gasteiger partial charge in [0.1, 0.15) is 28.9 Å². The van der Waals surface area contributed by atoms with Crippen molar-refractivity contribution < 1.29 is 29.6 Å². The van der Waals surface area contributed by atoms with Crippen molar-refractivity contribution in [2.75, 3.05) is 0 Å². The lowest BCUT2D eigenvalue weighted by Crippen LogP contribution is -2.21. The fraction of sp³-hybridized carbons (Fsp3) is 0.214. The van der Waals surface area contributed by atoms with Crippen LogP contribution in [0.2, 0.25) is 0 Å². The van der Waals surface area contributed by atoms with E-state index in [-0.39, 0.29) is 47.0 Å². The van der Waals surface area contributed by atoms with Gasteiger partial charge in [0.15, 0.2) is 5.78 Å². The first-order valence-electron chi connectivity index (χ1n) is 11.2. The highest BCUT2D eigenvalue weighted by atomic mass is 16.5. The van der Waals surface area contributed by atoms with Gasteiger partial charge in [-0.25, -0.2) is 0 Å². The molecule has 0 saturated carbocycles. The lowest BCUT2D eigenvalue weighted by atomic mass is 9.86. The Kier molecular flexibility index (Phi) is 6.97. The number of carbonyl (C=O) groups is 2. The maximum Gasteiger partial charge on any atom is 0.303 e. The van der Waals surface area contributed by atoms with Crippen LogP contribution in [0, 0.1) is 0 Å². The fourth-order valence-electron chi connectivity index (χ4n) is 4.30. The monoisotopic (exact) mass is 458 g/mol. The predicted octanol–water partition coefficient (Wildman–Crippen LogP) is 5.86. The molecule has 174 valence electrons. The second-order valence-corrected chi connectivity index (χ2v) is 8.34. The SMILES string of the molecule is O=C(O)CCC[C@@H](C=Cc1ccccc1)c1c(O)cc2c(c1O)C(=O)C[C@@H](c1ccccc1)O2. The van der Waals surface area contributed by atoms with Crippen molar-refractivity contribution in [1.82, 2.24) is 0 Å². The van der Waals surface area contributed by atoms with E-state index < -0.39 is 18.0 Å². The molecule has 0 unspecified atom stereocenters. The Bertz CT molecular complexity index is 1200. The summed E-state index contributed by atoms with van der Waals surface area (Å²) in [5, 5.41) is 31.0. The molecule has 3 N–H and O–H groups in total. The lowest BCUT2D eigenvalue weighted by Gasteiger charge is -2.28. The highest BCUT2D eigenvalue weighted by Gasteiger charge is 2.34. The maximum atomic E-state index is 13.0. The Labute approximate surface area is 197 Å². The molecule has 0 amide bonds. The largest absolute Gasteiger partial charge is 0.507 e. The molecular weight excluding hydrogens is 432 g/mol. The summed E-state index contributed by atoms with van der Waals surface area (Å²) < 4.78 is 5.99. The highest BCUT2D eigenvalue weighted by molar-refractivity contribution is 6.03. The minimum atomic E-state index is -0.916. The molecule has 3 aromatic carbocycles. The molecule has 34 heavy (non-hydrogen) atoms. The summed E-state index contributed by atoms with van der Waals surface area (Å²) in [6.45, 7) is 0. The van der Waals surface area contributed by atoms with Gasteiger partial charge in [0.05, 0.1) is 6.42 Å². The number of phenols is 2. The van der Waals surface area contributed by atoms with Gasteiger partial charge < -0.3 is 20.1 Å². The average Bonchev–Trinajstić information content (AvgIpc) is 2.82. The molecule has 1 aliphatic rings. The third-order valence-corrected chi connectivity index (χ3v) is 5.97. The van der Waals surface area contributed by atoms with Crippen molar-refractivity contribution >= 4 is 17.8 Å². The Morgan fingerprint density at radius 2 is 1.74 bits per heavy atom. The number of rotatable bonds is 8. The molecule has 0 fully saturated rings. The van der Waals surface area contributed by atoms with Crippen LogP contribution in [0.3, 0.4) is 0 Å². The number of Topliss-reactive ketones (excluding diaryl/α,β-unsaturated/α-hetero) is 1. The van der Waals surface area contributed by atoms with Crippen LogP contribution < -0.4 is 4.74 Å². The van der Waals surface area contributed by atoms with E-state index in [1.165, 1.54) is 6.07 Å². The summed E-state index contributed by atoms with van der Waals surface area (Å²) in [6, 6.07) is 20.2. The summed E-state index contributed by atoms with van der Waals surface area (Å²) in [6.07, 6.45) is 3.91. The molecule has 1 heterocycles. The predicted molar refractivity (Wildman–Crippen MR) is 128 cm³/mol. The van der Waals surface area contributed by atoms with E-state index in [0.29, 0.717) is 12.8 Å². The summed E-state index contributed by atoms with van der Waals surface area (Å²) in [4.78, 5) is 24.1. The Morgan fingerprint density at radius 3 is 2.41 bits per heavy atom. The second-order valence-electron chi connectivity index (χ2n) is 8.34. The van der Waals surface area contributed by atoms with Crippen molar-refractivity contribution in [3.63, 3.8) is 0 Å². The van der Waals surface area contributed by atoms with Crippen LogP contribution in [0.15, 0.2) is 72.8 Å². The molecule has 4 rings (SSSR count). The number of fused-ring (bicyclic) bond motifs is 1. The second kappa shape index (κ2) is 10.3. The van der Waals surface area contributed by atoms with Gasteiger partial charge in [-0.3, -0.25) is 9.59 Å². The van der Waals surface area contributed by atoms with Crippen LogP contribution in [0.5, 0.6) is 17.2 Å². The van der Waals surface area contributed by atoms with Gasteiger partial charge in [-0.2, -0.15) is 0 Å². The molecule has 0 saturated heterocycles. The number of hydrogen-bond acceptors (Lipinski definition) is 5. The van der Waals surface area contributed by atoms with E-state index >= 15 is 0 Å². The van der Waals surface area contributed by atoms with Crippen LogP contribution in [0.25, 0.3) is 6.08 Å². The first-order valence-corrected chi connectivity index (χ1v) is 11.2. The molecule has 6 heteroatoms. The normalized spacial score (nSPS) is 16.1. The maximum absolute atomic E-state index is 13.0. The van der Waals surface area contributed by atoms with Crippen molar-refractivity contribution in [2.24, 2.45) is 0 Å². The zero-order chi connectivity index (χ0) is 24.1. The first kappa shape index (κ1) is 23.1. The number of carbonyl (C=O) groups excluding carboxylic acids is 1. The summed E-state index contributed by atoms with van der Waals surface area (Å²) in [5.41, 5.74) is 2.01. The quantitative estimate of drug-likeness (QED) is 0.391. The number of ketones is 1. The molecule has 0 bridgehead atoms. The number of phenolic OH excluding ortho intramolecular Hbond substituents is 2. The van der Waals surface area contributed by atoms with E-state index in [0.717, 1.165) is 11.1 Å². The van der Waals surface area contributed by atoms with Gasteiger partial charge in [-0.1, -0.05) is 72.8 Å². The zero-order valence-electron chi connectivity index (χ0n) is 18.6. The van der Waals surface area contributed by atoms with Crippen molar-refractivity contribution in [1.29, 1.82) is 0 Å². The van der Waals surface area contributed by atoms with E-state index in [2.05, 4.69) is 0 Å². The van der Waals surface area contributed by atoms with Crippen molar-refractivity contribution in [3.05, 3.63) is 95.1 Å². The van der Waals surface area contributed by atoms with Gasteiger partial charge in [-0.15, -0.1) is 0 Å². The molecule has 0 aliphatic carbocycles. The number of allylic oxidation sites excluding steroid dienone is 1. The average molecular weight is 459 g/mol. The summed E-state index contributed by atoms with van der Waals surface area (Å²) >= 11 is 0. The lowest BCUT2D eigenvalue weighted by molar-refractivity contribution is -0.137. The molecule has 3 aromatic rings. The number of carboxylic acid groups (broad SMARTS) is 1. The van der Waals surface area contributed by atoms with E-state index in [4.69, 9.17) is 9.84 Å².